The number of aliphatic hydroxyl groups is 2. The molecule has 1 heterocycles. The van der Waals surface area contributed by atoms with Crippen molar-refractivity contribution in [2.24, 2.45) is 0 Å². The third kappa shape index (κ3) is 42.3. The van der Waals surface area contributed by atoms with Crippen LogP contribution >= 0.6 is 0 Å². The molecule has 1 fully saturated rings. The fraction of sp³-hybridized carbons (Fsp3) is 0.692. The zero-order valence-electron chi connectivity index (χ0n) is 48.2. The van der Waals surface area contributed by atoms with Crippen LogP contribution in [-0.4, -0.2) is 89.2 Å². The van der Waals surface area contributed by atoms with Crippen molar-refractivity contribution in [1.29, 1.82) is 0 Å². The lowest BCUT2D eigenvalue weighted by Gasteiger charge is -2.40. The summed E-state index contributed by atoms with van der Waals surface area (Å²) in [6, 6.07) is 0. The SMILES string of the molecule is CC/C=C\C/C=C\C/C=C\C/C=C\C/C=C\CCCC(=O)OCC(COC1OC(C(=O)O)C(O)C(O)C1OC(=O)CCCCCCC/C=C\C/C=C\CCC)OC(=O)CCCCCCCCC/C=C\CCCCCCCC. The van der Waals surface area contributed by atoms with Crippen molar-refractivity contribution >= 4 is 23.9 Å². The van der Waals surface area contributed by atoms with Gasteiger partial charge in [-0.1, -0.05) is 208 Å². The summed E-state index contributed by atoms with van der Waals surface area (Å²) in [5, 5.41) is 31.5. The van der Waals surface area contributed by atoms with Crippen LogP contribution in [0.4, 0.5) is 0 Å². The lowest BCUT2D eigenvalue weighted by Crippen LogP contribution is -2.61. The van der Waals surface area contributed by atoms with Crippen molar-refractivity contribution in [3.05, 3.63) is 97.2 Å². The molecule has 438 valence electrons. The summed E-state index contributed by atoms with van der Waals surface area (Å²) in [5.41, 5.74) is 0. The van der Waals surface area contributed by atoms with Crippen molar-refractivity contribution in [2.45, 2.75) is 276 Å². The van der Waals surface area contributed by atoms with Crippen LogP contribution in [0.25, 0.3) is 0 Å². The van der Waals surface area contributed by atoms with Gasteiger partial charge in [0.05, 0.1) is 6.61 Å². The van der Waals surface area contributed by atoms with Gasteiger partial charge in [0, 0.05) is 19.3 Å². The molecule has 6 unspecified atom stereocenters. The molecular weight excluding hydrogens is 973 g/mol. The number of carboxylic acid groups (broad SMARTS) is 1. The highest BCUT2D eigenvalue weighted by Gasteiger charge is 2.50. The summed E-state index contributed by atoms with van der Waals surface area (Å²) in [6.45, 7) is 5.75. The van der Waals surface area contributed by atoms with Gasteiger partial charge in [-0.2, -0.15) is 0 Å². The molecule has 6 atom stereocenters. The van der Waals surface area contributed by atoms with Crippen molar-refractivity contribution in [3.63, 3.8) is 0 Å². The van der Waals surface area contributed by atoms with Crippen LogP contribution in [0.5, 0.6) is 0 Å². The van der Waals surface area contributed by atoms with Crippen LogP contribution in [0, 0.1) is 0 Å². The van der Waals surface area contributed by atoms with E-state index in [2.05, 4.69) is 112 Å². The first kappa shape index (κ1) is 70.7. The second-order valence-electron chi connectivity index (χ2n) is 20.2. The third-order valence-electron chi connectivity index (χ3n) is 13.1. The molecule has 1 rings (SSSR count). The quantitative estimate of drug-likeness (QED) is 0.0228. The molecule has 3 N–H and O–H groups in total. The van der Waals surface area contributed by atoms with E-state index in [-0.39, 0.29) is 25.9 Å². The van der Waals surface area contributed by atoms with Gasteiger partial charge in [-0.15, -0.1) is 0 Å². The number of esters is 3. The number of carboxylic acids is 1. The molecule has 0 aromatic rings. The monoisotopic (exact) mass is 1080 g/mol. The number of aliphatic carboxylic acids is 1. The van der Waals surface area contributed by atoms with E-state index in [0.717, 1.165) is 116 Å². The molecule has 0 aromatic carbocycles. The Balaban J connectivity index is 2.74. The highest BCUT2D eigenvalue weighted by molar-refractivity contribution is 5.74. The summed E-state index contributed by atoms with van der Waals surface area (Å²) in [4.78, 5) is 51.1. The highest BCUT2D eigenvalue weighted by Crippen LogP contribution is 2.26. The fourth-order valence-electron chi connectivity index (χ4n) is 8.49. The molecule has 0 radical (unpaired) electrons. The lowest BCUT2D eigenvalue weighted by molar-refractivity contribution is -0.301. The van der Waals surface area contributed by atoms with Gasteiger partial charge in [0.15, 0.2) is 24.6 Å². The minimum atomic E-state index is -1.92. The maximum atomic E-state index is 13.2. The predicted molar refractivity (Wildman–Crippen MR) is 312 cm³/mol. The molecule has 1 aliphatic rings. The second kappa shape index (κ2) is 52.3. The first-order valence-corrected chi connectivity index (χ1v) is 30.2. The Morgan fingerprint density at radius 2 is 0.857 bits per heavy atom. The molecule has 1 aliphatic heterocycles. The standard InChI is InChI=1S/C65H106O12/c1-4-7-10-13-16-19-22-25-27-29-31-34-36-39-42-45-48-51-57(66)73-54-56(75-58(67)52-49-46-43-40-38-35-32-30-28-26-23-20-17-14-11-8-5-2)55-74-65-63(61(70)60(69)62(77-65)64(71)72)76-59(68)53-50-47-44-41-37-33-24-21-18-15-12-9-6-3/h7,10,12,15-16,19,21,24-28,31,34,39,42,56,60-63,65,69-70H,4-6,8-9,11,13-14,17-18,20,22-23,29-30,32-33,35-38,40-41,43-55H2,1-3H3,(H,71,72)/b10-7-,15-12-,19-16-,24-21-,27-25-,28-26-,34-31-,42-39-. The van der Waals surface area contributed by atoms with Gasteiger partial charge in [-0.05, 0) is 109 Å². The first-order chi connectivity index (χ1) is 37.6. The minimum Gasteiger partial charge on any atom is -0.479 e. The maximum Gasteiger partial charge on any atom is 0.335 e. The van der Waals surface area contributed by atoms with Crippen LogP contribution in [0.2, 0.25) is 0 Å². The molecule has 0 saturated carbocycles. The average Bonchev–Trinajstić information content (AvgIpc) is 3.42. The summed E-state index contributed by atoms with van der Waals surface area (Å²) < 4.78 is 28.4. The van der Waals surface area contributed by atoms with E-state index in [1.54, 1.807) is 0 Å². The van der Waals surface area contributed by atoms with Crippen molar-refractivity contribution in [2.75, 3.05) is 13.2 Å². The minimum absolute atomic E-state index is 0.0344. The Morgan fingerprint density at radius 3 is 1.35 bits per heavy atom. The van der Waals surface area contributed by atoms with Crippen molar-refractivity contribution in [3.8, 4) is 0 Å². The van der Waals surface area contributed by atoms with E-state index >= 15 is 0 Å². The number of allylic oxidation sites excluding steroid dienone is 16. The van der Waals surface area contributed by atoms with E-state index in [1.165, 1.54) is 57.8 Å². The molecule has 0 aliphatic carbocycles. The largest absolute Gasteiger partial charge is 0.479 e. The Labute approximate surface area is 466 Å². The van der Waals surface area contributed by atoms with Crippen LogP contribution in [-0.2, 0) is 42.9 Å². The summed E-state index contributed by atoms with van der Waals surface area (Å²) >= 11 is 0. The molecular formula is C65H106O12. The summed E-state index contributed by atoms with van der Waals surface area (Å²) in [7, 11) is 0. The Kier molecular flexibility index (Phi) is 48.0. The van der Waals surface area contributed by atoms with Crippen molar-refractivity contribution in [1.82, 2.24) is 0 Å². The van der Waals surface area contributed by atoms with Gasteiger partial charge in [0.25, 0.3) is 0 Å². The number of ether oxygens (including phenoxy) is 5. The Bertz CT molecular complexity index is 1710. The summed E-state index contributed by atoms with van der Waals surface area (Å²) in [6.07, 6.45) is 56.7. The molecule has 0 spiro atoms. The smallest absolute Gasteiger partial charge is 0.335 e. The lowest BCUT2D eigenvalue weighted by atomic mass is 9.98. The number of aliphatic hydroxyl groups excluding tert-OH is 2. The van der Waals surface area contributed by atoms with E-state index in [0.29, 0.717) is 25.7 Å². The molecule has 0 aromatic heterocycles. The van der Waals surface area contributed by atoms with E-state index in [4.69, 9.17) is 23.7 Å². The Morgan fingerprint density at radius 1 is 0.442 bits per heavy atom. The number of hydrogen-bond donors (Lipinski definition) is 3. The van der Waals surface area contributed by atoms with Crippen LogP contribution in [0.3, 0.4) is 0 Å². The number of carbonyl (C=O) groups is 4. The average molecular weight is 1080 g/mol. The van der Waals surface area contributed by atoms with Crippen molar-refractivity contribution < 1.29 is 58.2 Å². The topological polar surface area (TPSA) is 175 Å². The number of hydrogen-bond acceptors (Lipinski definition) is 11. The van der Waals surface area contributed by atoms with Crippen LogP contribution in [0.1, 0.15) is 239 Å². The molecule has 1 saturated heterocycles. The maximum absolute atomic E-state index is 13.2. The molecule has 77 heavy (non-hydrogen) atoms. The molecule has 12 nitrogen and oxygen atoms in total. The molecule has 0 bridgehead atoms. The van der Waals surface area contributed by atoms with Gasteiger partial charge in [0.2, 0.25) is 0 Å². The zero-order chi connectivity index (χ0) is 56.1. The third-order valence-corrected chi connectivity index (χ3v) is 13.1. The van der Waals surface area contributed by atoms with Crippen LogP contribution in [0.15, 0.2) is 97.2 Å². The van der Waals surface area contributed by atoms with E-state index < -0.39 is 67.3 Å². The van der Waals surface area contributed by atoms with Gasteiger partial charge in [-0.25, -0.2) is 4.79 Å². The zero-order valence-corrected chi connectivity index (χ0v) is 48.2. The van der Waals surface area contributed by atoms with Gasteiger partial charge >= 0.3 is 23.9 Å². The van der Waals surface area contributed by atoms with Crippen LogP contribution < -0.4 is 0 Å². The summed E-state index contributed by atoms with van der Waals surface area (Å²) in [5.74, 6) is -3.23. The number of carbonyl (C=O) groups excluding carboxylic acids is 3. The van der Waals surface area contributed by atoms with E-state index in [1.807, 2.05) is 6.08 Å². The fourth-order valence-corrected chi connectivity index (χ4v) is 8.49. The van der Waals surface area contributed by atoms with Gasteiger partial charge in [0.1, 0.15) is 18.8 Å². The highest BCUT2D eigenvalue weighted by atomic mass is 16.7. The number of unbranched alkanes of at least 4 members (excludes halogenated alkanes) is 20. The normalized spacial score (nSPS) is 18.7. The predicted octanol–water partition coefficient (Wildman–Crippen LogP) is 15.7. The van der Waals surface area contributed by atoms with Gasteiger partial charge in [-0.3, -0.25) is 14.4 Å². The second-order valence-corrected chi connectivity index (χ2v) is 20.2. The van der Waals surface area contributed by atoms with Gasteiger partial charge < -0.3 is 39.0 Å². The number of rotatable bonds is 50. The first-order valence-electron chi connectivity index (χ1n) is 30.2. The Hall–Kier alpha value is -4.36. The molecule has 12 heteroatoms. The molecule has 0 amide bonds. The van der Waals surface area contributed by atoms with E-state index in [9.17, 15) is 34.5 Å².